The number of rotatable bonds is 6. The molecule has 3 rings (SSSR count). The van der Waals surface area contributed by atoms with E-state index in [2.05, 4.69) is 9.97 Å². The molecule has 6 N–H and O–H groups in total. The molecule has 2 heterocycles. The molecule has 186 valence electrons. The molecule has 36 heavy (non-hydrogen) atoms. The highest BCUT2D eigenvalue weighted by molar-refractivity contribution is 6.08. The maximum Gasteiger partial charge on any atom is 0.341 e. The third kappa shape index (κ3) is 8.36. The Morgan fingerprint density at radius 2 is 0.889 bits per heavy atom. The van der Waals surface area contributed by atoms with Crippen molar-refractivity contribution in [3.63, 3.8) is 0 Å². The topological polar surface area (TPSA) is 258 Å². The normalized spacial score (nSPS) is 9.33. The van der Waals surface area contributed by atoms with Gasteiger partial charge in [0.25, 0.3) is 0 Å². The number of pyridine rings is 2. The van der Waals surface area contributed by atoms with Crippen LogP contribution in [0.25, 0.3) is 0 Å². The van der Waals surface area contributed by atoms with Gasteiger partial charge in [0.15, 0.2) is 24.8 Å². The summed E-state index contributed by atoms with van der Waals surface area (Å²) in [6, 6.07) is 7.16. The van der Waals surface area contributed by atoms with Crippen LogP contribution in [0.2, 0.25) is 0 Å². The lowest BCUT2D eigenvalue weighted by molar-refractivity contribution is -0.378. The zero-order valence-electron chi connectivity index (χ0n) is 17.8. The molecule has 0 bridgehead atoms. The van der Waals surface area contributed by atoms with Crippen LogP contribution in [-0.2, 0) is 0 Å². The number of hydrogen-bond donors (Lipinski definition) is 4. The lowest BCUT2D eigenvalue weighted by Crippen LogP contribution is -2.29. The first-order chi connectivity index (χ1) is 16.9. The minimum Gasteiger partial charge on any atom is -0.545 e. The van der Waals surface area contributed by atoms with Gasteiger partial charge in [-0.25, -0.2) is 29.1 Å². The summed E-state index contributed by atoms with van der Waals surface area (Å²) >= 11 is 0. The Morgan fingerprint density at radius 3 is 1.08 bits per heavy atom. The molecule has 0 aliphatic rings. The van der Waals surface area contributed by atoms with Crippen molar-refractivity contribution in [2.75, 3.05) is 0 Å². The number of carboxylic acids is 6. The van der Waals surface area contributed by atoms with Crippen molar-refractivity contribution in [2.45, 2.75) is 0 Å². The van der Waals surface area contributed by atoms with Crippen LogP contribution in [0.3, 0.4) is 0 Å². The van der Waals surface area contributed by atoms with Crippen molar-refractivity contribution < 1.29 is 69.4 Å². The maximum atomic E-state index is 10.7. The monoisotopic (exact) mass is 500 g/mol. The molecule has 0 unspecified atom stereocenters. The summed E-state index contributed by atoms with van der Waals surface area (Å²) < 4.78 is 0. The van der Waals surface area contributed by atoms with Gasteiger partial charge in [0, 0.05) is 23.3 Å². The zero-order valence-corrected chi connectivity index (χ0v) is 17.8. The molecular formula is C22H16N2O12. The van der Waals surface area contributed by atoms with Crippen molar-refractivity contribution >= 4 is 35.8 Å². The number of hydrogen-bond acceptors (Lipinski definition) is 8. The Balaban J connectivity index is 0.000000300. The summed E-state index contributed by atoms with van der Waals surface area (Å²) in [5.41, 5.74) is -3.08. The first kappa shape index (κ1) is 28.4. The van der Waals surface area contributed by atoms with Crippen LogP contribution < -0.4 is 20.2 Å². The number of nitrogens with one attached hydrogen (secondary N) is 2. The molecule has 0 saturated carbocycles. The average Bonchev–Trinajstić information content (AvgIpc) is 2.84. The lowest BCUT2D eigenvalue weighted by atomic mass is 9.98. The van der Waals surface area contributed by atoms with Crippen molar-refractivity contribution in [2.24, 2.45) is 0 Å². The standard InChI is InChI=1S/C10H6O8.2C6H5NO2/c11-7(12)3-1-4(8(13)14)6(10(17)18)2-5(3)9(15)16;2*8-6(9)5-2-1-3-7-4-5/h1-2H,(H,11,12)(H,13,14)(H,15,16)(H,17,18);2*1-4H,(H,8,9). The molecule has 1 aromatic carbocycles. The van der Waals surface area contributed by atoms with Gasteiger partial charge in [-0.3, -0.25) is 0 Å². The van der Waals surface area contributed by atoms with Crippen LogP contribution in [0.5, 0.6) is 0 Å². The Kier molecular flexibility index (Phi) is 10.4. The van der Waals surface area contributed by atoms with Gasteiger partial charge in [-0.15, -0.1) is 0 Å². The third-order valence-corrected chi connectivity index (χ3v) is 3.97. The number of aromatic nitrogens is 2. The van der Waals surface area contributed by atoms with Gasteiger partial charge in [0.05, 0.1) is 23.1 Å². The molecule has 0 aliphatic carbocycles. The number of aromatic carboxylic acids is 6. The van der Waals surface area contributed by atoms with E-state index >= 15 is 0 Å². The van der Waals surface area contributed by atoms with Crippen LogP contribution in [-0.4, -0.2) is 56.2 Å². The highest BCUT2D eigenvalue weighted by Gasteiger charge is 2.19. The number of H-pyrrole nitrogens is 2. The minimum absolute atomic E-state index is 0.275. The van der Waals surface area contributed by atoms with Crippen molar-refractivity contribution in [3.05, 3.63) is 94.6 Å². The summed E-state index contributed by atoms with van der Waals surface area (Å²) in [5.74, 6) is -9.14. The largest absolute Gasteiger partial charge is 0.545 e. The van der Waals surface area contributed by atoms with Gasteiger partial charge in [-0.1, -0.05) is 0 Å². The molecule has 0 fully saturated rings. The zero-order chi connectivity index (χ0) is 27.4. The third-order valence-electron chi connectivity index (χ3n) is 3.97. The Morgan fingerprint density at radius 1 is 0.556 bits per heavy atom. The molecular weight excluding hydrogens is 484 g/mol. The quantitative estimate of drug-likeness (QED) is 0.292. The second-order valence-corrected chi connectivity index (χ2v) is 6.32. The minimum atomic E-state index is -1.94. The van der Waals surface area contributed by atoms with Crippen LogP contribution >= 0.6 is 0 Å². The van der Waals surface area contributed by atoms with Crippen molar-refractivity contribution in [1.29, 1.82) is 0 Å². The van der Waals surface area contributed by atoms with E-state index < -0.39 is 58.1 Å². The van der Waals surface area contributed by atoms with Gasteiger partial charge < -0.3 is 40.2 Å². The molecule has 0 aliphatic heterocycles. The van der Waals surface area contributed by atoms with E-state index in [1.807, 2.05) is 0 Å². The van der Waals surface area contributed by atoms with E-state index in [4.69, 9.17) is 20.4 Å². The highest BCUT2D eigenvalue weighted by atomic mass is 16.4. The molecule has 14 nitrogen and oxygen atoms in total. The first-order valence-electron chi connectivity index (χ1n) is 9.32. The van der Waals surface area contributed by atoms with Crippen molar-refractivity contribution in [1.82, 2.24) is 0 Å². The molecule has 0 atom stereocenters. The van der Waals surface area contributed by atoms with E-state index in [0.29, 0.717) is 12.1 Å². The summed E-state index contributed by atoms with van der Waals surface area (Å²) in [4.78, 5) is 68.4. The van der Waals surface area contributed by atoms with Crippen LogP contribution in [0.15, 0.2) is 61.2 Å². The second kappa shape index (κ2) is 13.1. The molecule has 3 aromatic rings. The number of carbonyl (C=O) groups is 6. The lowest BCUT2D eigenvalue weighted by Gasteiger charge is -2.13. The molecule has 0 radical (unpaired) electrons. The number of carboxylic acid groups (broad SMARTS) is 6. The van der Waals surface area contributed by atoms with E-state index in [9.17, 15) is 39.0 Å². The fourth-order valence-electron chi connectivity index (χ4n) is 2.34. The smallest absolute Gasteiger partial charge is 0.341 e. The van der Waals surface area contributed by atoms with Gasteiger partial charge in [-0.2, -0.15) is 0 Å². The SMILES string of the molecule is O=C(O)c1ccc[nH+]c1.O=C(O)c1ccc[nH+]c1.O=C([O-])c1cc(C(=O)[O-])c(C(=O)O)cc1C(=O)O. The fourth-order valence-corrected chi connectivity index (χ4v) is 2.34. The molecule has 14 heteroatoms. The predicted octanol–water partition coefficient (Wildman–Crippen LogP) is -1.79. The molecule has 0 spiro atoms. The Labute approximate surface area is 200 Å². The number of benzene rings is 1. The van der Waals surface area contributed by atoms with E-state index in [1.54, 1.807) is 24.5 Å². The van der Waals surface area contributed by atoms with E-state index in [0.717, 1.165) is 0 Å². The van der Waals surface area contributed by atoms with Crippen molar-refractivity contribution in [3.8, 4) is 0 Å². The summed E-state index contributed by atoms with van der Waals surface area (Å²) in [6.07, 6.45) is 6.18. The Hall–Kier alpha value is -5.66. The fraction of sp³-hybridized carbons (Fsp3) is 0. The Bertz CT molecular complexity index is 1140. The van der Waals surface area contributed by atoms with E-state index in [-0.39, 0.29) is 11.1 Å². The van der Waals surface area contributed by atoms with Crippen LogP contribution in [0.1, 0.15) is 62.1 Å². The van der Waals surface area contributed by atoms with Crippen LogP contribution in [0, 0.1) is 0 Å². The molecule has 0 amide bonds. The molecule has 2 aromatic heterocycles. The van der Waals surface area contributed by atoms with Crippen LogP contribution in [0.4, 0.5) is 0 Å². The number of aromatic amines is 2. The first-order valence-corrected chi connectivity index (χ1v) is 9.32. The van der Waals surface area contributed by atoms with Gasteiger partial charge in [0.2, 0.25) is 0 Å². The van der Waals surface area contributed by atoms with E-state index in [1.165, 1.54) is 24.5 Å². The highest BCUT2D eigenvalue weighted by Crippen LogP contribution is 2.17. The summed E-state index contributed by atoms with van der Waals surface area (Å²) in [6.45, 7) is 0. The number of carbonyl (C=O) groups excluding carboxylic acids is 2. The predicted molar refractivity (Wildman–Crippen MR) is 109 cm³/mol. The average molecular weight is 500 g/mol. The molecule has 0 saturated heterocycles. The van der Waals surface area contributed by atoms with Gasteiger partial charge in [0.1, 0.15) is 11.1 Å². The van der Waals surface area contributed by atoms with Gasteiger partial charge >= 0.3 is 23.9 Å². The van der Waals surface area contributed by atoms with Gasteiger partial charge in [-0.05, 0) is 24.3 Å². The summed E-state index contributed by atoms with van der Waals surface area (Å²) in [5, 5.41) is 55.4. The summed E-state index contributed by atoms with van der Waals surface area (Å²) in [7, 11) is 0. The second-order valence-electron chi connectivity index (χ2n) is 6.32. The maximum absolute atomic E-state index is 10.7.